The van der Waals surface area contributed by atoms with Gasteiger partial charge in [-0.3, -0.25) is 4.79 Å². The van der Waals surface area contributed by atoms with Crippen LogP contribution in [0, 0.1) is 5.82 Å². The Hall–Kier alpha value is -2.15. The number of rotatable bonds is 3. The SMILES string of the molecule is COc1c(F)cccc1NC(=S)C1=C(O)CCNC1=O. The van der Waals surface area contributed by atoms with E-state index in [1.807, 2.05) is 0 Å². The predicted octanol–water partition coefficient (Wildman–Crippen LogP) is 1.91. The summed E-state index contributed by atoms with van der Waals surface area (Å²) in [5.74, 6) is -1.10. The van der Waals surface area contributed by atoms with Crippen LogP contribution in [0.4, 0.5) is 10.1 Å². The highest BCUT2D eigenvalue weighted by Crippen LogP contribution is 2.28. The van der Waals surface area contributed by atoms with Crippen LogP contribution in [0.5, 0.6) is 5.75 Å². The number of aliphatic hydroxyl groups excluding tert-OH is 1. The normalized spacial score (nSPS) is 14.8. The number of benzene rings is 1. The fraction of sp³-hybridized carbons (Fsp3) is 0.231. The Bertz CT molecular complexity index is 601. The van der Waals surface area contributed by atoms with Crippen molar-refractivity contribution in [1.82, 2.24) is 5.32 Å². The van der Waals surface area contributed by atoms with E-state index >= 15 is 0 Å². The van der Waals surface area contributed by atoms with Gasteiger partial charge in [-0.15, -0.1) is 0 Å². The molecule has 5 nitrogen and oxygen atoms in total. The smallest absolute Gasteiger partial charge is 0.257 e. The van der Waals surface area contributed by atoms with Crippen molar-refractivity contribution in [1.29, 1.82) is 0 Å². The second-order valence-corrected chi connectivity index (χ2v) is 4.51. The number of para-hydroxylation sites is 1. The number of halogens is 1. The molecule has 0 atom stereocenters. The second-order valence-electron chi connectivity index (χ2n) is 4.10. The van der Waals surface area contributed by atoms with Crippen molar-refractivity contribution >= 4 is 28.8 Å². The van der Waals surface area contributed by atoms with Gasteiger partial charge in [-0.2, -0.15) is 0 Å². The van der Waals surface area contributed by atoms with E-state index in [1.54, 1.807) is 6.07 Å². The lowest BCUT2D eigenvalue weighted by Crippen LogP contribution is -2.36. The van der Waals surface area contributed by atoms with Crippen molar-refractivity contribution < 1.29 is 19.0 Å². The molecule has 0 spiro atoms. The second kappa shape index (κ2) is 5.87. The van der Waals surface area contributed by atoms with Crippen molar-refractivity contribution in [3.05, 3.63) is 35.3 Å². The van der Waals surface area contributed by atoms with Crippen molar-refractivity contribution in [2.24, 2.45) is 0 Å². The number of hydrogen-bond acceptors (Lipinski definition) is 4. The van der Waals surface area contributed by atoms with Gasteiger partial charge in [0.05, 0.1) is 12.8 Å². The van der Waals surface area contributed by atoms with Gasteiger partial charge in [0.1, 0.15) is 16.3 Å². The molecule has 0 fully saturated rings. The third-order valence-electron chi connectivity index (χ3n) is 2.81. The lowest BCUT2D eigenvalue weighted by Gasteiger charge is -2.19. The van der Waals surface area contributed by atoms with E-state index in [4.69, 9.17) is 17.0 Å². The highest BCUT2D eigenvalue weighted by atomic mass is 32.1. The first-order valence-corrected chi connectivity index (χ1v) is 6.29. The Morgan fingerprint density at radius 1 is 1.55 bits per heavy atom. The molecule has 0 radical (unpaired) electrons. The molecule has 0 unspecified atom stereocenters. The molecule has 1 aliphatic rings. The topological polar surface area (TPSA) is 70.6 Å². The first-order chi connectivity index (χ1) is 9.54. The maximum Gasteiger partial charge on any atom is 0.257 e. The summed E-state index contributed by atoms with van der Waals surface area (Å²) < 4.78 is 18.5. The molecule has 0 aliphatic carbocycles. The van der Waals surface area contributed by atoms with E-state index in [1.165, 1.54) is 19.2 Å². The predicted molar refractivity (Wildman–Crippen MR) is 76.5 cm³/mol. The summed E-state index contributed by atoms with van der Waals surface area (Å²) in [6, 6.07) is 4.29. The lowest BCUT2D eigenvalue weighted by molar-refractivity contribution is -0.117. The Kier molecular flexibility index (Phi) is 4.19. The number of methoxy groups -OCH3 is 1. The summed E-state index contributed by atoms with van der Waals surface area (Å²) in [5, 5.41) is 15.1. The van der Waals surface area contributed by atoms with Crippen LogP contribution in [0.3, 0.4) is 0 Å². The van der Waals surface area contributed by atoms with E-state index in [9.17, 15) is 14.3 Å². The number of thiocarbonyl (C=S) groups is 1. The van der Waals surface area contributed by atoms with Gasteiger partial charge in [0.2, 0.25) is 0 Å². The van der Waals surface area contributed by atoms with Crippen LogP contribution in [0.2, 0.25) is 0 Å². The largest absolute Gasteiger partial charge is 0.511 e. The summed E-state index contributed by atoms with van der Waals surface area (Å²) in [7, 11) is 1.33. The first-order valence-electron chi connectivity index (χ1n) is 5.88. The van der Waals surface area contributed by atoms with Gasteiger partial charge in [0, 0.05) is 13.0 Å². The zero-order valence-electron chi connectivity index (χ0n) is 10.7. The van der Waals surface area contributed by atoms with Crippen LogP contribution in [0.15, 0.2) is 29.5 Å². The van der Waals surface area contributed by atoms with Crippen LogP contribution in [0.25, 0.3) is 0 Å². The summed E-state index contributed by atoms with van der Waals surface area (Å²) in [6.45, 7) is 0.361. The van der Waals surface area contributed by atoms with Crippen LogP contribution < -0.4 is 15.4 Å². The van der Waals surface area contributed by atoms with Crippen LogP contribution in [0.1, 0.15) is 6.42 Å². The molecule has 106 valence electrons. The highest BCUT2D eigenvalue weighted by molar-refractivity contribution is 7.81. The zero-order chi connectivity index (χ0) is 14.7. The van der Waals surface area contributed by atoms with Gasteiger partial charge in [-0.1, -0.05) is 18.3 Å². The van der Waals surface area contributed by atoms with E-state index in [0.717, 1.165) is 0 Å². The molecule has 20 heavy (non-hydrogen) atoms. The summed E-state index contributed by atoms with van der Waals surface area (Å²) >= 11 is 5.09. The number of ether oxygens (including phenoxy) is 1. The van der Waals surface area contributed by atoms with Crippen LogP contribution >= 0.6 is 12.2 Å². The van der Waals surface area contributed by atoms with Gasteiger partial charge >= 0.3 is 0 Å². The molecule has 0 bridgehead atoms. The number of hydrogen-bond donors (Lipinski definition) is 3. The third-order valence-corrected chi connectivity index (χ3v) is 3.12. The maximum atomic E-state index is 13.5. The minimum absolute atomic E-state index is 0.00226. The third kappa shape index (κ3) is 2.72. The van der Waals surface area contributed by atoms with Gasteiger partial charge in [0.15, 0.2) is 11.6 Å². The molecule has 1 heterocycles. The Morgan fingerprint density at radius 3 is 2.95 bits per heavy atom. The van der Waals surface area contributed by atoms with E-state index in [0.29, 0.717) is 13.0 Å². The number of carbonyl (C=O) groups excluding carboxylic acids is 1. The van der Waals surface area contributed by atoms with E-state index in [2.05, 4.69) is 10.6 Å². The molecule has 2 rings (SSSR count). The quantitative estimate of drug-likeness (QED) is 0.743. The molecule has 0 saturated carbocycles. The molecule has 1 amide bonds. The van der Waals surface area contributed by atoms with Crippen molar-refractivity contribution in [3.63, 3.8) is 0 Å². The summed E-state index contributed by atoms with van der Waals surface area (Å²) in [4.78, 5) is 11.7. The molecule has 7 heteroatoms. The number of nitrogens with one attached hydrogen (secondary N) is 2. The zero-order valence-corrected chi connectivity index (χ0v) is 11.5. The number of carbonyl (C=O) groups is 1. The number of amides is 1. The average Bonchev–Trinajstić information content (AvgIpc) is 2.38. The molecule has 1 aromatic rings. The number of aliphatic hydroxyl groups is 1. The monoisotopic (exact) mass is 296 g/mol. The molecule has 0 saturated heterocycles. The molecular weight excluding hydrogens is 283 g/mol. The van der Waals surface area contributed by atoms with Crippen LogP contribution in [-0.4, -0.2) is 29.7 Å². The van der Waals surface area contributed by atoms with Crippen molar-refractivity contribution in [2.45, 2.75) is 6.42 Å². The maximum absolute atomic E-state index is 13.5. The minimum atomic E-state index is -0.549. The van der Waals surface area contributed by atoms with E-state index < -0.39 is 11.7 Å². The van der Waals surface area contributed by atoms with Crippen molar-refractivity contribution in [2.75, 3.05) is 19.0 Å². The first kappa shape index (κ1) is 14.3. The van der Waals surface area contributed by atoms with Gasteiger partial charge < -0.3 is 20.5 Å². The molecule has 1 aromatic carbocycles. The Balaban J connectivity index is 2.29. The lowest BCUT2D eigenvalue weighted by atomic mass is 10.1. The summed E-state index contributed by atoms with van der Waals surface area (Å²) in [5.41, 5.74) is 0.286. The van der Waals surface area contributed by atoms with Crippen molar-refractivity contribution in [3.8, 4) is 5.75 Å². The van der Waals surface area contributed by atoms with Crippen LogP contribution in [-0.2, 0) is 4.79 Å². The fourth-order valence-electron chi connectivity index (χ4n) is 1.87. The minimum Gasteiger partial charge on any atom is -0.511 e. The Labute approximate surface area is 120 Å². The average molecular weight is 296 g/mol. The number of anilines is 1. The standard InChI is InChI=1S/C13H13FN2O3S/c1-19-11-7(14)3-2-4-8(11)16-13(20)10-9(17)5-6-15-12(10)18/h2-4,17H,5-6H2,1H3,(H,15,18)(H,16,20). The fourth-order valence-corrected chi connectivity index (χ4v) is 2.19. The van der Waals surface area contributed by atoms with Gasteiger partial charge in [0.25, 0.3) is 5.91 Å². The van der Waals surface area contributed by atoms with Gasteiger partial charge in [-0.05, 0) is 12.1 Å². The molecule has 3 N–H and O–H groups in total. The summed E-state index contributed by atoms with van der Waals surface area (Å²) in [6.07, 6.45) is 0.309. The van der Waals surface area contributed by atoms with Gasteiger partial charge in [-0.25, -0.2) is 4.39 Å². The molecular formula is C13H13FN2O3S. The highest BCUT2D eigenvalue weighted by Gasteiger charge is 2.24. The molecule has 0 aromatic heterocycles. The van der Waals surface area contributed by atoms with E-state index in [-0.39, 0.29) is 27.8 Å². The Morgan fingerprint density at radius 2 is 2.30 bits per heavy atom. The molecule has 1 aliphatic heterocycles.